The zero-order valence-corrected chi connectivity index (χ0v) is 23.8. The predicted octanol–water partition coefficient (Wildman–Crippen LogP) is 4.51. The molecule has 2 amide bonds. The minimum Gasteiger partial charge on any atom is -0.497 e. The fraction of sp³-hybridized carbons (Fsp3) is 0.500. The first-order valence-electron chi connectivity index (χ1n) is 13.0. The molecule has 3 atom stereocenters. The smallest absolute Gasteiger partial charge is 0.416 e. The van der Waals surface area contributed by atoms with Crippen LogP contribution in [0.3, 0.4) is 0 Å². The molecule has 1 fully saturated rings. The zero-order valence-electron chi connectivity index (χ0n) is 23.0. The first-order valence-corrected chi connectivity index (χ1v) is 14.7. The number of ether oxygens (including phenoxy) is 1. The molecule has 0 spiro atoms. The third-order valence-electron chi connectivity index (χ3n) is 7.31. The minimum atomic E-state index is -4.65. The Morgan fingerprint density at radius 2 is 1.75 bits per heavy atom. The van der Waals surface area contributed by atoms with E-state index < -0.39 is 45.9 Å². The largest absolute Gasteiger partial charge is 0.497 e. The molecule has 0 radical (unpaired) electrons. The summed E-state index contributed by atoms with van der Waals surface area (Å²) in [4.78, 5) is 27.9. The molecule has 0 aliphatic heterocycles. The Morgan fingerprint density at radius 3 is 2.35 bits per heavy atom. The van der Waals surface area contributed by atoms with E-state index in [4.69, 9.17) is 4.74 Å². The molecule has 2 aromatic rings. The van der Waals surface area contributed by atoms with Crippen LogP contribution in [0.1, 0.15) is 45.1 Å². The minimum absolute atomic E-state index is 0.0976. The molecule has 12 heteroatoms. The van der Waals surface area contributed by atoms with E-state index in [-0.39, 0.29) is 40.1 Å². The van der Waals surface area contributed by atoms with Crippen LogP contribution in [0.2, 0.25) is 0 Å². The number of amides is 2. The number of hydrogen-bond donors (Lipinski definition) is 2. The number of halogens is 3. The van der Waals surface area contributed by atoms with Gasteiger partial charge in [0.25, 0.3) is 0 Å². The fourth-order valence-corrected chi connectivity index (χ4v) is 6.67. The van der Waals surface area contributed by atoms with Crippen molar-refractivity contribution in [1.29, 1.82) is 0 Å². The van der Waals surface area contributed by atoms with Gasteiger partial charge in [-0.05, 0) is 70.3 Å². The number of carbonyl (C=O) groups excluding carboxylic acids is 2. The molecule has 8 nitrogen and oxygen atoms in total. The average molecular weight is 584 g/mol. The summed E-state index contributed by atoms with van der Waals surface area (Å²) in [7, 11) is -0.434. The molecule has 220 valence electrons. The number of alkyl halides is 3. The summed E-state index contributed by atoms with van der Waals surface area (Å²) in [5.41, 5.74) is -1.16. The molecule has 0 unspecified atom stereocenters. The third kappa shape index (κ3) is 8.44. The normalized spacial score (nSPS) is 19.9. The number of carbonyl (C=O) groups is 2. The van der Waals surface area contributed by atoms with Crippen LogP contribution >= 0.6 is 0 Å². The van der Waals surface area contributed by atoms with Crippen molar-refractivity contribution in [2.75, 3.05) is 25.2 Å². The van der Waals surface area contributed by atoms with E-state index in [1.807, 2.05) is 20.9 Å². The number of rotatable bonds is 10. The summed E-state index contributed by atoms with van der Waals surface area (Å²) in [5.74, 6) is -2.08. The topological polar surface area (TPSA) is 105 Å². The Labute approximate surface area is 233 Å². The molecular weight excluding hydrogens is 547 g/mol. The van der Waals surface area contributed by atoms with E-state index >= 15 is 0 Å². The van der Waals surface area contributed by atoms with Crippen molar-refractivity contribution < 1.29 is 35.9 Å². The summed E-state index contributed by atoms with van der Waals surface area (Å²) in [6.07, 6.45) is -3.47. The number of methoxy groups -OCH3 is 1. The molecule has 2 N–H and O–H groups in total. The third-order valence-corrected chi connectivity index (χ3v) is 9.17. The van der Waals surface area contributed by atoms with Gasteiger partial charge in [-0.1, -0.05) is 18.2 Å². The van der Waals surface area contributed by atoms with Crippen molar-refractivity contribution >= 4 is 27.3 Å². The van der Waals surface area contributed by atoms with Crippen molar-refractivity contribution in [3.63, 3.8) is 0 Å². The Morgan fingerprint density at radius 1 is 1.07 bits per heavy atom. The first kappa shape index (κ1) is 31.4. The molecule has 40 heavy (non-hydrogen) atoms. The number of hydrogen-bond acceptors (Lipinski definition) is 6. The molecule has 0 bridgehead atoms. The van der Waals surface area contributed by atoms with Crippen LogP contribution in [0.15, 0.2) is 53.4 Å². The van der Waals surface area contributed by atoms with Gasteiger partial charge in [0.05, 0.1) is 23.3 Å². The quantitative estimate of drug-likeness (QED) is 0.399. The lowest BCUT2D eigenvalue weighted by Gasteiger charge is -2.41. The monoisotopic (exact) mass is 583 g/mol. The SMILES string of the molecule is COc1cc(NC(=O)CC(=O)N[C@H]2C[C@@H](N(C)C(C)C)CC[C@H]2CS(=O)(=O)c2ccccc2)cc(C(F)(F)F)c1. The van der Waals surface area contributed by atoms with Crippen LogP contribution in [0.4, 0.5) is 18.9 Å². The standard InChI is InChI=1S/C28H36F3N3O5S/c1-18(2)34(3)22-11-10-19(17-40(37,38)24-8-6-5-7-9-24)25(15-22)33-27(36)16-26(35)32-21-12-20(28(29,30)31)13-23(14-21)39-4/h5-9,12-14,18-19,22,25H,10-11,15-17H2,1-4H3,(H,32,35)(H,33,36)/t19-,22-,25-/m0/s1. The highest BCUT2D eigenvalue weighted by Gasteiger charge is 2.37. The highest BCUT2D eigenvalue weighted by molar-refractivity contribution is 7.91. The summed E-state index contributed by atoms with van der Waals surface area (Å²) >= 11 is 0. The van der Waals surface area contributed by atoms with Crippen molar-refractivity contribution in [3.8, 4) is 5.75 Å². The Balaban J connectivity index is 1.73. The summed E-state index contributed by atoms with van der Waals surface area (Å²) < 4.78 is 70.8. The number of benzene rings is 2. The van der Waals surface area contributed by atoms with E-state index in [2.05, 4.69) is 15.5 Å². The molecule has 0 saturated heterocycles. The van der Waals surface area contributed by atoms with Gasteiger partial charge < -0.3 is 20.3 Å². The van der Waals surface area contributed by atoms with Gasteiger partial charge in [0.2, 0.25) is 11.8 Å². The van der Waals surface area contributed by atoms with Gasteiger partial charge in [0, 0.05) is 29.9 Å². The fourth-order valence-electron chi connectivity index (χ4n) is 4.95. The molecule has 2 aromatic carbocycles. The number of nitrogens with zero attached hydrogens (tertiary/aromatic N) is 1. The van der Waals surface area contributed by atoms with Crippen LogP contribution in [0.5, 0.6) is 5.75 Å². The van der Waals surface area contributed by atoms with Crippen LogP contribution in [-0.2, 0) is 25.6 Å². The van der Waals surface area contributed by atoms with Gasteiger partial charge in [-0.25, -0.2) is 8.42 Å². The lowest BCUT2D eigenvalue weighted by molar-refractivity contribution is -0.137. The van der Waals surface area contributed by atoms with Gasteiger partial charge in [-0.15, -0.1) is 0 Å². The molecular formula is C28H36F3N3O5S. The van der Waals surface area contributed by atoms with Crippen molar-refractivity contribution in [3.05, 3.63) is 54.1 Å². The van der Waals surface area contributed by atoms with Crippen LogP contribution < -0.4 is 15.4 Å². The number of anilines is 1. The van der Waals surface area contributed by atoms with Gasteiger partial charge in [-0.2, -0.15) is 13.2 Å². The van der Waals surface area contributed by atoms with Gasteiger partial charge in [0.15, 0.2) is 9.84 Å². The molecule has 1 saturated carbocycles. The van der Waals surface area contributed by atoms with Crippen LogP contribution in [-0.4, -0.2) is 63.2 Å². The number of nitrogens with one attached hydrogen (secondary N) is 2. The first-order chi connectivity index (χ1) is 18.7. The summed E-state index contributed by atoms with van der Waals surface area (Å²) in [5, 5.41) is 5.17. The van der Waals surface area contributed by atoms with Crippen molar-refractivity contribution in [2.45, 2.75) is 68.7 Å². The molecule has 1 aliphatic carbocycles. The maximum atomic E-state index is 13.2. The van der Waals surface area contributed by atoms with Crippen molar-refractivity contribution in [1.82, 2.24) is 10.2 Å². The van der Waals surface area contributed by atoms with Crippen LogP contribution in [0, 0.1) is 5.92 Å². The Kier molecular flexibility index (Phi) is 10.2. The highest BCUT2D eigenvalue weighted by Crippen LogP contribution is 2.34. The molecule has 0 aromatic heterocycles. The molecule has 1 aliphatic rings. The molecule has 0 heterocycles. The van der Waals surface area contributed by atoms with E-state index in [9.17, 15) is 31.2 Å². The van der Waals surface area contributed by atoms with Crippen molar-refractivity contribution in [2.24, 2.45) is 5.92 Å². The molecule has 3 rings (SSSR count). The summed E-state index contributed by atoms with van der Waals surface area (Å²) in [6, 6.07) is 10.7. The van der Waals surface area contributed by atoms with Gasteiger partial charge in [-0.3, -0.25) is 9.59 Å². The second-order valence-corrected chi connectivity index (χ2v) is 12.5. The van der Waals surface area contributed by atoms with E-state index in [0.717, 1.165) is 18.6 Å². The summed E-state index contributed by atoms with van der Waals surface area (Å²) in [6.45, 7) is 4.10. The van der Waals surface area contributed by atoms with E-state index in [1.54, 1.807) is 18.2 Å². The lowest BCUT2D eigenvalue weighted by Crippen LogP contribution is -2.52. The van der Waals surface area contributed by atoms with E-state index in [1.165, 1.54) is 25.3 Å². The van der Waals surface area contributed by atoms with Gasteiger partial charge in [0.1, 0.15) is 12.2 Å². The highest BCUT2D eigenvalue weighted by atomic mass is 32.2. The van der Waals surface area contributed by atoms with Gasteiger partial charge >= 0.3 is 6.18 Å². The maximum Gasteiger partial charge on any atom is 0.416 e. The Bertz CT molecular complexity index is 1290. The zero-order chi connectivity index (χ0) is 29.7. The second kappa shape index (κ2) is 13.0. The predicted molar refractivity (Wildman–Crippen MR) is 146 cm³/mol. The number of sulfone groups is 1. The van der Waals surface area contributed by atoms with E-state index in [0.29, 0.717) is 12.8 Å². The lowest BCUT2D eigenvalue weighted by atomic mass is 9.81. The Hall–Kier alpha value is -3.12. The maximum absolute atomic E-state index is 13.2. The van der Waals surface area contributed by atoms with Crippen LogP contribution in [0.25, 0.3) is 0 Å². The average Bonchev–Trinajstić information content (AvgIpc) is 2.88. The second-order valence-electron chi connectivity index (χ2n) is 10.4.